The van der Waals surface area contributed by atoms with Crippen LogP contribution in [-0.2, 0) is 4.74 Å². The van der Waals surface area contributed by atoms with Crippen molar-refractivity contribution >= 4 is 0 Å². The van der Waals surface area contributed by atoms with Gasteiger partial charge in [-0.25, -0.2) is 0 Å². The quantitative estimate of drug-likeness (QED) is 0.495. The lowest BCUT2D eigenvalue weighted by molar-refractivity contribution is -0.0840. The molecule has 2 fully saturated rings. The Bertz CT molecular complexity index is 136. The van der Waals surface area contributed by atoms with E-state index in [4.69, 9.17) is 14.9 Å². The van der Waals surface area contributed by atoms with Gasteiger partial charge in [-0.15, -0.1) is 0 Å². The first-order valence-corrected chi connectivity index (χ1v) is 3.19. The minimum absolute atomic E-state index is 0.0422. The molecule has 2 N–H and O–H groups in total. The molecule has 3 heteroatoms. The summed E-state index contributed by atoms with van der Waals surface area (Å²) in [6.07, 6.45) is 0.335. The molecule has 0 aromatic heterocycles. The van der Waals surface area contributed by atoms with Gasteiger partial charge < -0.3 is 14.9 Å². The first-order valence-electron chi connectivity index (χ1n) is 3.19. The summed E-state index contributed by atoms with van der Waals surface area (Å²) in [7, 11) is 0. The summed E-state index contributed by atoms with van der Waals surface area (Å²) < 4.78 is 4.90. The molecule has 0 bridgehead atoms. The Labute approximate surface area is 53.3 Å². The molecule has 9 heavy (non-hydrogen) atoms. The van der Waals surface area contributed by atoms with Crippen molar-refractivity contribution in [2.24, 2.45) is 11.3 Å². The van der Waals surface area contributed by atoms with Crippen molar-refractivity contribution < 1.29 is 14.9 Å². The summed E-state index contributed by atoms with van der Waals surface area (Å²) in [4.78, 5) is 0. The molecule has 0 aromatic carbocycles. The summed E-state index contributed by atoms with van der Waals surface area (Å²) >= 11 is 0. The van der Waals surface area contributed by atoms with Crippen molar-refractivity contribution in [2.75, 3.05) is 13.2 Å². The van der Waals surface area contributed by atoms with Crippen molar-refractivity contribution in [1.29, 1.82) is 0 Å². The summed E-state index contributed by atoms with van der Waals surface area (Å²) in [5.74, 6) is 0.225. The second-order valence-electron chi connectivity index (χ2n) is 3.03. The third-order valence-corrected chi connectivity index (χ3v) is 2.45. The highest BCUT2D eigenvalue weighted by Gasteiger charge is 2.62. The van der Waals surface area contributed by atoms with E-state index in [2.05, 4.69) is 0 Å². The molecule has 1 saturated heterocycles. The Balaban J connectivity index is 2.08. The van der Waals surface area contributed by atoms with Gasteiger partial charge in [-0.05, 0) is 6.42 Å². The first-order chi connectivity index (χ1) is 4.28. The van der Waals surface area contributed by atoms with Gasteiger partial charge in [0.25, 0.3) is 0 Å². The average Bonchev–Trinajstić information content (AvgIpc) is 2.53. The SMILES string of the molecule is OC[C@@]12CO[C@@H](O)[C@@H]1C2. The highest BCUT2D eigenvalue weighted by atomic mass is 16.6. The van der Waals surface area contributed by atoms with Crippen molar-refractivity contribution in [1.82, 2.24) is 0 Å². The van der Waals surface area contributed by atoms with Crippen molar-refractivity contribution in [2.45, 2.75) is 12.7 Å². The second kappa shape index (κ2) is 1.48. The molecule has 2 aliphatic rings. The van der Waals surface area contributed by atoms with Crippen LogP contribution in [0.1, 0.15) is 6.42 Å². The van der Waals surface area contributed by atoms with Crippen LogP contribution in [-0.4, -0.2) is 29.7 Å². The first kappa shape index (κ1) is 5.65. The van der Waals surface area contributed by atoms with Gasteiger partial charge in [-0.1, -0.05) is 0 Å². The molecule has 0 amide bonds. The Kier molecular flexibility index (Phi) is 0.928. The molecule has 1 saturated carbocycles. The van der Waals surface area contributed by atoms with Crippen LogP contribution < -0.4 is 0 Å². The number of hydrogen-bond acceptors (Lipinski definition) is 3. The average molecular weight is 130 g/mol. The minimum Gasteiger partial charge on any atom is -0.396 e. The van der Waals surface area contributed by atoms with Crippen LogP contribution in [0.2, 0.25) is 0 Å². The number of fused-ring (bicyclic) bond motifs is 1. The topological polar surface area (TPSA) is 49.7 Å². The monoisotopic (exact) mass is 130 g/mol. The molecule has 0 aromatic rings. The fourth-order valence-electron chi connectivity index (χ4n) is 1.54. The molecule has 1 aliphatic carbocycles. The van der Waals surface area contributed by atoms with E-state index >= 15 is 0 Å². The number of hydrogen-bond donors (Lipinski definition) is 2. The van der Waals surface area contributed by atoms with Crippen LogP contribution in [0.5, 0.6) is 0 Å². The van der Waals surface area contributed by atoms with Crippen LogP contribution in [0.3, 0.4) is 0 Å². The van der Waals surface area contributed by atoms with Crippen molar-refractivity contribution in [3.05, 3.63) is 0 Å². The smallest absolute Gasteiger partial charge is 0.158 e. The largest absolute Gasteiger partial charge is 0.396 e. The molecule has 1 heterocycles. The van der Waals surface area contributed by atoms with Crippen LogP contribution in [0, 0.1) is 11.3 Å². The lowest BCUT2D eigenvalue weighted by atomic mass is 10.1. The highest BCUT2D eigenvalue weighted by molar-refractivity contribution is 5.06. The van der Waals surface area contributed by atoms with E-state index in [0.717, 1.165) is 6.42 Å². The third-order valence-electron chi connectivity index (χ3n) is 2.45. The number of rotatable bonds is 1. The van der Waals surface area contributed by atoms with Gasteiger partial charge >= 0.3 is 0 Å². The summed E-state index contributed by atoms with van der Waals surface area (Å²) in [5, 5.41) is 17.8. The molecule has 1 aliphatic heterocycles. The van der Waals surface area contributed by atoms with Gasteiger partial charge in [0.15, 0.2) is 6.29 Å². The maximum atomic E-state index is 9.00. The number of ether oxygens (including phenoxy) is 1. The number of aliphatic hydroxyl groups excluding tert-OH is 2. The zero-order valence-electron chi connectivity index (χ0n) is 5.08. The summed E-state index contributed by atoms with van der Waals surface area (Å²) in [6.45, 7) is 0.698. The van der Waals surface area contributed by atoms with E-state index < -0.39 is 6.29 Å². The standard InChI is InChI=1S/C6H10O3/c7-2-6-1-4(6)5(8)9-3-6/h4-5,7-8H,1-3H2/t4-,5+,6-/m0/s1. The summed E-state index contributed by atoms with van der Waals surface area (Å²) in [6, 6.07) is 0. The third kappa shape index (κ3) is 0.569. The highest BCUT2D eigenvalue weighted by Crippen LogP contribution is 2.58. The Morgan fingerprint density at radius 2 is 2.44 bits per heavy atom. The Morgan fingerprint density at radius 1 is 1.67 bits per heavy atom. The van der Waals surface area contributed by atoms with Gasteiger partial charge in [0.2, 0.25) is 0 Å². The molecular weight excluding hydrogens is 120 g/mol. The molecule has 3 atom stereocenters. The van der Waals surface area contributed by atoms with Crippen LogP contribution in [0.25, 0.3) is 0 Å². The van der Waals surface area contributed by atoms with Gasteiger partial charge in [-0.2, -0.15) is 0 Å². The molecule has 52 valence electrons. The van der Waals surface area contributed by atoms with E-state index in [-0.39, 0.29) is 17.9 Å². The fourth-order valence-corrected chi connectivity index (χ4v) is 1.54. The molecular formula is C6H10O3. The second-order valence-corrected chi connectivity index (χ2v) is 3.03. The van der Waals surface area contributed by atoms with E-state index in [1.807, 2.05) is 0 Å². The van der Waals surface area contributed by atoms with E-state index in [9.17, 15) is 0 Å². The van der Waals surface area contributed by atoms with E-state index in [0.29, 0.717) is 6.61 Å². The molecule has 2 rings (SSSR count). The van der Waals surface area contributed by atoms with Gasteiger partial charge in [-0.3, -0.25) is 0 Å². The Hall–Kier alpha value is -0.120. The van der Waals surface area contributed by atoms with Crippen LogP contribution in [0.15, 0.2) is 0 Å². The van der Waals surface area contributed by atoms with Gasteiger partial charge in [0.1, 0.15) is 0 Å². The molecule has 0 unspecified atom stereocenters. The van der Waals surface area contributed by atoms with Crippen LogP contribution >= 0.6 is 0 Å². The maximum absolute atomic E-state index is 9.00. The van der Waals surface area contributed by atoms with Gasteiger partial charge in [0, 0.05) is 11.3 Å². The molecule has 3 nitrogen and oxygen atoms in total. The predicted molar refractivity (Wildman–Crippen MR) is 29.6 cm³/mol. The molecule has 0 radical (unpaired) electrons. The zero-order valence-corrected chi connectivity index (χ0v) is 5.08. The lowest BCUT2D eigenvalue weighted by Crippen LogP contribution is -2.10. The molecule has 0 spiro atoms. The Morgan fingerprint density at radius 3 is 2.67 bits per heavy atom. The van der Waals surface area contributed by atoms with Crippen LogP contribution in [0.4, 0.5) is 0 Å². The normalized spacial score (nSPS) is 55.3. The number of aliphatic hydroxyl groups is 2. The lowest BCUT2D eigenvalue weighted by Gasteiger charge is -2.03. The fraction of sp³-hybridized carbons (Fsp3) is 1.00. The maximum Gasteiger partial charge on any atom is 0.158 e. The van der Waals surface area contributed by atoms with Crippen molar-refractivity contribution in [3.63, 3.8) is 0 Å². The zero-order chi connectivity index (χ0) is 6.48. The minimum atomic E-state index is -0.600. The van der Waals surface area contributed by atoms with Gasteiger partial charge in [0.05, 0.1) is 13.2 Å². The summed E-state index contributed by atoms with van der Waals surface area (Å²) in [5.41, 5.74) is -0.0422. The van der Waals surface area contributed by atoms with E-state index in [1.165, 1.54) is 0 Å². The predicted octanol–water partition coefficient (Wildman–Crippen LogP) is -0.666. The van der Waals surface area contributed by atoms with E-state index in [1.54, 1.807) is 0 Å². The van der Waals surface area contributed by atoms with Crippen molar-refractivity contribution in [3.8, 4) is 0 Å².